The lowest BCUT2D eigenvalue weighted by atomic mass is 9.85. The predicted octanol–water partition coefficient (Wildman–Crippen LogP) is 5.27. The molecule has 1 aromatic carbocycles. The second kappa shape index (κ2) is 13.4. The Kier molecular flexibility index (Phi) is 10.8. The zero-order chi connectivity index (χ0) is 21.8. The monoisotopic (exact) mass is 421 g/mol. The number of hydrogen-bond acceptors (Lipinski definition) is 5. The largest absolute Gasteiger partial charge is 0.469 e. The Morgan fingerprint density at radius 1 is 1.23 bits per heavy atom. The van der Waals surface area contributed by atoms with Gasteiger partial charge in [-0.2, -0.15) is 0 Å². The molecule has 1 aliphatic rings. The van der Waals surface area contributed by atoms with E-state index < -0.39 is 6.10 Å². The van der Waals surface area contributed by atoms with E-state index in [9.17, 15) is 19.5 Å². The predicted molar refractivity (Wildman–Crippen MR) is 115 cm³/mol. The van der Waals surface area contributed by atoms with Crippen molar-refractivity contribution in [2.45, 2.75) is 83.2 Å². The van der Waals surface area contributed by atoms with Gasteiger partial charge in [-0.25, -0.2) is 4.39 Å². The van der Waals surface area contributed by atoms with Gasteiger partial charge in [0, 0.05) is 12.3 Å². The number of rotatable bonds is 13. The maximum Gasteiger partial charge on any atom is 0.305 e. The Balaban J connectivity index is 1.69. The fourth-order valence-electron chi connectivity index (χ4n) is 4.54. The summed E-state index contributed by atoms with van der Waals surface area (Å²) in [5, 5.41) is 23.3. The summed E-state index contributed by atoms with van der Waals surface area (Å²) in [5.74, 6) is 0.330. The van der Waals surface area contributed by atoms with Gasteiger partial charge in [0.2, 0.25) is 0 Å². The molecule has 3 atom stereocenters. The number of unbranched alkanes of at least 4 members (excludes halogenated alkanes) is 3. The topological polar surface area (TPSA) is 79.1 Å². The highest BCUT2D eigenvalue weighted by molar-refractivity contribution is 5.88. The first kappa shape index (κ1) is 24.3. The van der Waals surface area contributed by atoms with Crippen LogP contribution >= 0.6 is 0 Å². The lowest BCUT2D eigenvalue weighted by molar-refractivity contribution is -0.140. The molecular formula is C24H36FNO4. The minimum Gasteiger partial charge on any atom is -0.469 e. The molecule has 1 aliphatic carbocycles. The molecule has 0 heterocycles. The highest BCUT2D eigenvalue weighted by Gasteiger charge is 2.33. The van der Waals surface area contributed by atoms with Gasteiger partial charge in [0.25, 0.3) is 0 Å². The van der Waals surface area contributed by atoms with Gasteiger partial charge in [-0.05, 0) is 75.0 Å². The average Bonchev–Trinajstić information content (AvgIpc) is 3.14. The van der Waals surface area contributed by atoms with E-state index in [2.05, 4.69) is 9.89 Å². The molecule has 1 saturated carbocycles. The number of aliphatic hydroxyl groups is 1. The number of hydrogen-bond donors (Lipinski definition) is 2. The average molecular weight is 422 g/mol. The van der Waals surface area contributed by atoms with Gasteiger partial charge in [-0.15, -0.1) is 0 Å². The van der Waals surface area contributed by atoms with Gasteiger partial charge < -0.3 is 15.1 Å². The number of aryl methyl sites for hydroxylation is 1. The standard InChI is InChI=1S/C24H36FNO4/c1-30-24(28)10-5-3-2-4-8-19-12-16-23(26-29)22(19)15-14-21(27)13-11-18-7-6-9-20(25)17-18/h6-7,9,17,19,21-22,27,29H,2-5,8,10-16H2,1H3/b26-23-/t19-,21?,22+/m0/s1. The van der Waals surface area contributed by atoms with Crippen LogP contribution in [0.4, 0.5) is 4.39 Å². The fourth-order valence-corrected chi connectivity index (χ4v) is 4.54. The number of carbonyl (C=O) groups is 1. The van der Waals surface area contributed by atoms with Crippen molar-refractivity contribution in [2.24, 2.45) is 17.0 Å². The Bertz CT molecular complexity index is 679. The normalized spacial score (nSPS) is 21.1. The van der Waals surface area contributed by atoms with E-state index in [0.29, 0.717) is 31.6 Å². The van der Waals surface area contributed by atoms with Crippen molar-refractivity contribution in [3.63, 3.8) is 0 Å². The van der Waals surface area contributed by atoms with E-state index in [-0.39, 0.29) is 17.7 Å². The van der Waals surface area contributed by atoms with Crippen molar-refractivity contribution in [1.29, 1.82) is 0 Å². The number of halogens is 1. The number of oxime groups is 1. The van der Waals surface area contributed by atoms with Crippen LogP contribution in [0.5, 0.6) is 0 Å². The summed E-state index contributed by atoms with van der Waals surface area (Å²) >= 11 is 0. The molecule has 6 heteroatoms. The van der Waals surface area contributed by atoms with E-state index in [1.807, 2.05) is 6.07 Å². The van der Waals surface area contributed by atoms with Crippen molar-refractivity contribution in [1.82, 2.24) is 0 Å². The van der Waals surface area contributed by atoms with Gasteiger partial charge >= 0.3 is 5.97 Å². The molecule has 0 aliphatic heterocycles. The molecule has 0 radical (unpaired) electrons. The molecule has 2 rings (SSSR count). The summed E-state index contributed by atoms with van der Waals surface area (Å²) in [5.41, 5.74) is 1.76. The van der Waals surface area contributed by atoms with Gasteiger partial charge in [0.15, 0.2) is 0 Å². The summed E-state index contributed by atoms with van der Waals surface area (Å²) in [7, 11) is 1.42. The van der Waals surface area contributed by atoms with Crippen molar-refractivity contribution >= 4 is 11.7 Å². The molecule has 168 valence electrons. The molecule has 1 fully saturated rings. The maximum absolute atomic E-state index is 13.3. The molecule has 30 heavy (non-hydrogen) atoms. The molecule has 0 spiro atoms. The van der Waals surface area contributed by atoms with Crippen molar-refractivity contribution in [3.8, 4) is 0 Å². The number of benzene rings is 1. The van der Waals surface area contributed by atoms with E-state index in [1.165, 1.54) is 19.2 Å². The lowest BCUT2D eigenvalue weighted by Crippen LogP contribution is -2.19. The number of carbonyl (C=O) groups excluding carboxylic acids is 1. The van der Waals surface area contributed by atoms with Gasteiger partial charge in [-0.3, -0.25) is 4.79 Å². The lowest BCUT2D eigenvalue weighted by Gasteiger charge is -2.21. The molecule has 0 amide bonds. The number of methoxy groups -OCH3 is 1. The number of esters is 1. The first-order valence-electron chi connectivity index (χ1n) is 11.2. The van der Waals surface area contributed by atoms with E-state index in [4.69, 9.17) is 0 Å². The number of aliphatic hydroxyl groups excluding tert-OH is 1. The van der Waals surface area contributed by atoms with Gasteiger partial charge in [-0.1, -0.05) is 36.6 Å². The molecule has 0 aromatic heterocycles. The maximum atomic E-state index is 13.3. The summed E-state index contributed by atoms with van der Waals surface area (Å²) in [6, 6.07) is 6.51. The molecule has 1 unspecified atom stereocenters. The third kappa shape index (κ3) is 8.42. The zero-order valence-corrected chi connectivity index (χ0v) is 18.1. The van der Waals surface area contributed by atoms with E-state index in [0.717, 1.165) is 62.6 Å². The van der Waals surface area contributed by atoms with Crippen LogP contribution in [-0.2, 0) is 16.0 Å². The van der Waals surface area contributed by atoms with Crippen molar-refractivity contribution in [2.75, 3.05) is 7.11 Å². The zero-order valence-electron chi connectivity index (χ0n) is 18.1. The summed E-state index contributed by atoms with van der Waals surface area (Å²) < 4.78 is 17.9. The van der Waals surface area contributed by atoms with Crippen LogP contribution in [0, 0.1) is 17.7 Å². The van der Waals surface area contributed by atoms with Crippen LogP contribution in [0.2, 0.25) is 0 Å². The summed E-state index contributed by atoms with van der Waals surface area (Å²) in [6.07, 6.45) is 9.79. The number of ether oxygens (including phenoxy) is 1. The van der Waals surface area contributed by atoms with Gasteiger partial charge in [0.1, 0.15) is 5.82 Å². The SMILES string of the molecule is COC(=O)CCCCCC[C@H]1CC/C(=N/O)[C@@H]1CCC(O)CCc1cccc(F)c1. The highest BCUT2D eigenvalue weighted by atomic mass is 19.1. The van der Waals surface area contributed by atoms with Gasteiger partial charge in [0.05, 0.1) is 18.9 Å². The van der Waals surface area contributed by atoms with Crippen LogP contribution in [0.1, 0.15) is 76.2 Å². The number of nitrogens with zero attached hydrogens (tertiary/aromatic N) is 1. The smallest absolute Gasteiger partial charge is 0.305 e. The van der Waals surface area contributed by atoms with E-state index in [1.54, 1.807) is 6.07 Å². The van der Waals surface area contributed by atoms with E-state index >= 15 is 0 Å². The first-order valence-corrected chi connectivity index (χ1v) is 11.2. The summed E-state index contributed by atoms with van der Waals surface area (Å²) in [4.78, 5) is 11.1. The Morgan fingerprint density at radius 3 is 2.77 bits per heavy atom. The van der Waals surface area contributed by atoms with Crippen LogP contribution in [-0.4, -0.2) is 35.2 Å². The minimum atomic E-state index is -0.437. The summed E-state index contributed by atoms with van der Waals surface area (Å²) in [6.45, 7) is 0. The Morgan fingerprint density at radius 2 is 2.03 bits per heavy atom. The third-order valence-corrected chi connectivity index (χ3v) is 6.30. The quantitative estimate of drug-likeness (QED) is 0.197. The second-order valence-electron chi connectivity index (χ2n) is 8.43. The van der Waals surface area contributed by atoms with Crippen LogP contribution in [0.3, 0.4) is 0 Å². The Labute approximate surface area is 179 Å². The van der Waals surface area contributed by atoms with Crippen LogP contribution < -0.4 is 0 Å². The van der Waals surface area contributed by atoms with Crippen LogP contribution in [0.15, 0.2) is 29.4 Å². The fraction of sp³-hybridized carbons (Fsp3) is 0.667. The molecular weight excluding hydrogens is 385 g/mol. The Hall–Kier alpha value is -1.95. The van der Waals surface area contributed by atoms with Crippen molar-refractivity contribution < 1.29 is 24.2 Å². The molecule has 0 saturated heterocycles. The molecule has 1 aromatic rings. The molecule has 2 N–H and O–H groups in total. The van der Waals surface area contributed by atoms with Crippen LogP contribution in [0.25, 0.3) is 0 Å². The minimum absolute atomic E-state index is 0.148. The second-order valence-corrected chi connectivity index (χ2v) is 8.43. The highest BCUT2D eigenvalue weighted by Crippen LogP contribution is 2.37. The molecule has 0 bridgehead atoms. The first-order chi connectivity index (χ1) is 14.5. The third-order valence-electron chi connectivity index (χ3n) is 6.30. The molecule has 5 nitrogen and oxygen atoms in total. The van der Waals surface area contributed by atoms with Crippen molar-refractivity contribution in [3.05, 3.63) is 35.6 Å².